The van der Waals surface area contributed by atoms with E-state index in [2.05, 4.69) is 21.3 Å². The number of aliphatic hydroxyl groups excluding tert-OH is 2. The zero-order valence-electron chi connectivity index (χ0n) is 26.8. The van der Waals surface area contributed by atoms with Crippen molar-refractivity contribution in [2.24, 2.45) is 11.5 Å². The van der Waals surface area contributed by atoms with Crippen molar-refractivity contribution in [1.29, 1.82) is 5.41 Å². The molecule has 0 aliphatic carbocycles. The molecule has 3 rings (SSSR count). The van der Waals surface area contributed by atoms with Gasteiger partial charge in [-0.25, -0.2) is 0 Å². The number of carbonyl (C=O) groups is 5. The Morgan fingerprint density at radius 2 is 1.54 bits per heavy atom. The second-order valence-corrected chi connectivity index (χ2v) is 12.5. The van der Waals surface area contributed by atoms with Crippen LogP contribution in [0.15, 0.2) is 0 Å². The van der Waals surface area contributed by atoms with Crippen LogP contribution in [0.2, 0.25) is 0 Å². The summed E-state index contributed by atoms with van der Waals surface area (Å²) in [6.07, 6.45) is 1.77. The Labute approximate surface area is 270 Å². The number of hydrogen-bond donors (Lipinski definition) is 9. The summed E-state index contributed by atoms with van der Waals surface area (Å²) in [4.78, 5) is 71.2. The summed E-state index contributed by atoms with van der Waals surface area (Å²) < 4.78 is 0. The molecular weight excluding hydrogens is 598 g/mol. The molecule has 3 aliphatic rings. The predicted octanol–water partition coefficient (Wildman–Crippen LogP) is -2.61. The lowest BCUT2D eigenvalue weighted by Crippen LogP contribution is -2.59. The quantitative estimate of drug-likeness (QED) is 0.0709. The molecule has 0 bridgehead atoms. The first-order valence-corrected chi connectivity index (χ1v) is 16.6. The number of nitrogens with two attached hydrogens (primary N) is 2. The molecule has 11 N–H and O–H groups in total. The lowest BCUT2D eigenvalue weighted by atomic mass is 9.98. The van der Waals surface area contributed by atoms with Crippen molar-refractivity contribution in [3.63, 3.8) is 0 Å². The minimum atomic E-state index is -1.41. The van der Waals surface area contributed by atoms with E-state index in [0.717, 1.165) is 0 Å². The lowest BCUT2D eigenvalue weighted by molar-refractivity contribution is -0.148. The highest BCUT2D eigenvalue weighted by atomic mass is 16.3. The van der Waals surface area contributed by atoms with Crippen molar-refractivity contribution in [3.8, 4) is 0 Å². The fraction of sp³-hybridized carbons (Fsp3) is 0.800. The third-order valence-electron chi connectivity index (χ3n) is 8.98. The van der Waals surface area contributed by atoms with Crippen LogP contribution in [0.1, 0.15) is 77.6 Å². The monoisotopic (exact) mass is 651 g/mol. The molecule has 16 nitrogen and oxygen atoms in total. The average Bonchev–Trinajstić information content (AvgIpc) is 3.71. The minimum absolute atomic E-state index is 0.0307. The van der Waals surface area contributed by atoms with E-state index in [0.29, 0.717) is 71.0 Å². The van der Waals surface area contributed by atoms with Gasteiger partial charge in [0.25, 0.3) is 0 Å². The molecule has 0 aromatic carbocycles. The van der Waals surface area contributed by atoms with Gasteiger partial charge in [-0.2, -0.15) is 0 Å². The normalized spacial score (nSPS) is 29.6. The third-order valence-corrected chi connectivity index (χ3v) is 8.98. The molecule has 0 aromatic heterocycles. The maximum absolute atomic E-state index is 13.9. The van der Waals surface area contributed by atoms with E-state index < -0.39 is 65.9 Å². The highest BCUT2D eigenvalue weighted by Crippen LogP contribution is 2.26. The largest absolute Gasteiger partial charge is 0.391 e. The Morgan fingerprint density at radius 1 is 0.913 bits per heavy atom. The van der Waals surface area contributed by atoms with Gasteiger partial charge in [0, 0.05) is 19.6 Å². The number of guanidine groups is 1. The first-order valence-electron chi connectivity index (χ1n) is 16.6. The van der Waals surface area contributed by atoms with E-state index in [-0.39, 0.29) is 44.2 Å². The maximum atomic E-state index is 13.9. The summed E-state index contributed by atoms with van der Waals surface area (Å²) in [5.41, 5.74) is 11.0. The van der Waals surface area contributed by atoms with Crippen LogP contribution in [-0.4, -0.2) is 131 Å². The molecule has 4 amide bonds. The molecule has 0 aromatic rings. The molecule has 3 saturated heterocycles. The maximum Gasteiger partial charge on any atom is 0.246 e. The molecule has 0 radical (unpaired) electrons. The Kier molecular flexibility index (Phi) is 14.6. The van der Waals surface area contributed by atoms with Crippen LogP contribution in [0.3, 0.4) is 0 Å². The van der Waals surface area contributed by atoms with E-state index in [1.54, 1.807) is 0 Å². The van der Waals surface area contributed by atoms with Gasteiger partial charge in [0.1, 0.15) is 30.3 Å². The number of nitrogens with zero attached hydrogens (tertiary/aromatic N) is 2. The number of hydrogen-bond acceptors (Lipinski definition) is 10. The van der Waals surface area contributed by atoms with Crippen molar-refractivity contribution in [2.45, 2.75) is 120 Å². The number of ketones is 1. The van der Waals surface area contributed by atoms with Gasteiger partial charge in [0.05, 0.1) is 12.1 Å². The number of amides is 4. The van der Waals surface area contributed by atoms with Crippen LogP contribution >= 0.6 is 0 Å². The van der Waals surface area contributed by atoms with Crippen LogP contribution in [0.4, 0.5) is 0 Å². The molecule has 7 atom stereocenters. The Balaban J connectivity index is 1.91. The SMILES string of the molecule is C[C@@H](O)[C@@H]1NCCCC(O)C(=O)[C@H](CCCNC(=N)N)NC(=O)[C@@H]2CCCN2C(=O)[C@@H]2CCCN2C(=O)[C@H](CCCCN)NC1=O. The molecular formula is C30H53N9O7. The molecule has 3 fully saturated rings. The molecule has 0 saturated carbocycles. The molecule has 46 heavy (non-hydrogen) atoms. The first-order chi connectivity index (χ1) is 22.0. The fourth-order valence-corrected chi connectivity index (χ4v) is 6.49. The van der Waals surface area contributed by atoms with Crippen LogP contribution < -0.4 is 32.7 Å². The second kappa shape index (κ2) is 18.1. The number of aliphatic hydroxyl groups is 2. The Morgan fingerprint density at radius 3 is 2.20 bits per heavy atom. The number of unbranched alkanes of at least 4 members (excludes halogenated alkanes) is 1. The fourth-order valence-electron chi connectivity index (χ4n) is 6.49. The van der Waals surface area contributed by atoms with Crippen molar-refractivity contribution in [2.75, 3.05) is 32.7 Å². The molecule has 3 heterocycles. The van der Waals surface area contributed by atoms with E-state index >= 15 is 0 Å². The van der Waals surface area contributed by atoms with Crippen molar-refractivity contribution in [1.82, 2.24) is 31.1 Å². The van der Waals surface area contributed by atoms with Crippen LogP contribution in [0.25, 0.3) is 0 Å². The lowest BCUT2D eigenvalue weighted by Gasteiger charge is -2.33. The standard InChI is InChI=1S/C30H53N9O7/c1-18(40)24-27(44)37-20(8-2-3-13-31)28(45)39-17-7-11-22(39)29(46)38-16-6-10-21(38)26(43)36-19(9-4-15-35-30(32)33)25(42)23(41)12-5-14-34-24/h18-24,34,40-41H,2-17,31H2,1H3,(H,36,43)(H,37,44)(H4,32,33,35)/t18-,19+,20+,21+,22+,23?,24+/m1/s1. The van der Waals surface area contributed by atoms with Gasteiger partial charge in [0.15, 0.2) is 11.7 Å². The molecule has 3 aliphatic heterocycles. The Bertz CT molecular complexity index is 1090. The van der Waals surface area contributed by atoms with Gasteiger partial charge in [-0.3, -0.25) is 29.4 Å². The zero-order chi connectivity index (χ0) is 33.8. The van der Waals surface area contributed by atoms with Gasteiger partial charge in [-0.15, -0.1) is 0 Å². The van der Waals surface area contributed by atoms with E-state index in [1.807, 2.05) is 0 Å². The summed E-state index contributed by atoms with van der Waals surface area (Å²) in [7, 11) is 0. The summed E-state index contributed by atoms with van der Waals surface area (Å²) in [6.45, 7) is 2.97. The average molecular weight is 652 g/mol. The van der Waals surface area contributed by atoms with Gasteiger partial charge >= 0.3 is 0 Å². The van der Waals surface area contributed by atoms with Gasteiger partial charge in [0.2, 0.25) is 23.6 Å². The van der Waals surface area contributed by atoms with Crippen molar-refractivity contribution >= 4 is 35.4 Å². The summed E-state index contributed by atoms with van der Waals surface area (Å²) in [5.74, 6) is -2.64. The van der Waals surface area contributed by atoms with Crippen molar-refractivity contribution < 1.29 is 34.2 Å². The highest BCUT2D eigenvalue weighted by Gasteiger charge is 2.44. The molecule has 1 unspecified atom stereocenters. The van der Waals surface area contributed by atoms with Crippen LogP contribution in [-0.2, 0) is 24.0 Å². The van der Waals surface area contributed by atoms with Crippen LogP contribution in [0.5, 0.6) is 0 Å². The highest BCUT2D eigenvalue weighted by molar-refractivity contribution is 5.97. The zero-order valence-corrected chi connectivity index (χ0v) is 26.8. The topological polar surface area (TPSA) is 256 Å². The minimum Gasteiger partial charge on any atom is -0.391 e. The van der Waals surface area contributed by atoms with Gasteiger partial charge in [-0.05, 0) is 90.6 Å². The summed E-state index contributed by atoms with van der Waals surface area (Å²) in [6, 6.07) is -4.70. The Hall–Kier alpha value is -3.34. The number of Topliss-reactive ketones (excluding diaryl/α,β-unsaturated/α-hetero) is 1. The predicted molar refractivity (Wildman–Crippen MR) is 169 cm³/mol. The molecule has 260 valence electrons. The van der Waals surface area contributed by atoms with E-state index in [9.17, 15) is 34.2 Å². The van der Waals surface area contributed by atoms with Gasteiger partial charge < -0.3 is 52.7 Å². The number of carbonyl (C=O) groups excluding carboxylic acids is 5. The van der Waals surface area contributed by atoms with Gasteiger partial charge in [-0.1, -0.05) is 0 Å². The summed E-state index contributed by atoms with van der Waals surface area (Å²) >= 11 is 0. The van der Waals surface area contributed by atoms with Crippen molar-refractivity contribution in [3.05, 3.63) is 0 Å². The number of rotatable bonds is 9. The first kappa shape index (κ1) is 37.1. The second-order valence-electron chi connectivity index (χ2n) is 12.5. The van der Waals surface area contributed by atoms with Crippen LogP contribution in [0, 0.1) is 5.41 Å². The number of nitrogens with one attached hydrogen (secondary N) is 5. The van der Waals surface area contributed by atoms with E-state index in [4.69, 9.17) is 16.9 Å². The third kappa shape index (κ3) is 10.1. The number of fused-ring (bicyclic) bond motifs is 2. The molecule has 16 heteroatoms. The van der Waals surface area contributed by atoms with E-state index in [1.165, 1.54) is 16.7 Å². The summed E-state index contributed by atoms with van der Waals surface area (Å²) in [5, 5.41) is 39.7. The smallest absolute Gasteiger partial charge is 0.246 e. The molecule has 0 spiro atoms.